The largest absolute Gasteiger partial charge is 0.494 e. The number of rotatable bonds is 3. The Hall–Kier alpha value is -2.57. The van der Waals surface area contributed by atoms with Crippen molar-refractivity contribution >= 4 is 22.8 Å². The molecule has 0 saturated carbocycles. The first-order valence-electron chi connectivity index (χ1n) is 7.98. The van der Waals surface area contributed by atoms with Crippen molar-refractivity contribution < 1.29 is 14.3 Å². The molecule has 7 nitrogen and oxygen atoms in total. The van der Waals surface area contributed by atoms with Crippen molar-refractivity contribution in [2.75, 3.05) is 7.11 Å². The highest BCUT2D eigenvalue weighted by Crippen LogP contribution is 2.34. The minimum Gasteiger partial charge on any atom is -0.494 e. The van der Waals surface area contributed by atoms with E-state index < -0.39 is 11.9 Å². The summed E-state index contributed by atoms with van der Waals surface area (Å²) in [6.07, 6.45) is 0.518. The van der Waals surface area contributed by atoms with E-state index in [-0.39, 0.29) is 23.9 Å². The fourth-order valence-electron chi connectivity index (χ4n) is 3.36. The van der Waals surface area contributed by atoms with Gasteiger partial charge in [0.25, 0.3) is 0 Å². The third-order valence-corrected chi connectivity index (χ3v) is 4.58. The van der Waals surface area contributed by atoms with Gasteiger partial charge >= 0.3 is 5.69 Å². The summed E-state index contributed by atoms with van der Waals surface area (Å²) in [7, 11) is 3.23. The van der Waals surface area contributed by atoms with Gasteiger partial charge in [-0.05, 0) is 24.0 Å². The maximum Gasteiger partial charge on any atom is 0.329 e. The van der Waals surface area contributed by atoms with Crippen molar-refractivity contribution in [2.24, 2.45) is 7.05 Å². The molecule has 1 fully saturated rings. The Morgan fingerprint density at radius 2 is 1.92 bits per heavy atom. The predicted molar refractivity (Wildman–Crippen MR) is 89.2 cm³/mol. The van der Waals surface area contributed by atoms with E-state index >= 15 is 0 Å². The van der Waals surface area contributed by atoms with E-state index in [2.05, 4.69) is 19.2 Å². The number of aromatic nitrogens is 2. The summed E-state index contributed by atoms with van der Waals surface area (Å²) in [5, 5.41) is 2.32. The van der Waals surface area contributed by atoms with E-state index in [1.165, 1.54) is 11.7 Å². The number of amides is 2. The first kappa shape index (κ1) is 16.3. The zero-order valence-corrected chi connectivity index (χ0v) is 14.3. The molecule has 1 N–H and O–H groups in total. The van der Waals surface area contributed by atoms with Crippen LogP contribution >= 0.6 is 0 Å². The van der Waals surface area contributed by atoms with Crippen molar-refractivity contribution in [3.05, 3.63) is 28.2 Å². The van der Waals surface area contributed by atoms with Crippen molar-refractivity contribution in [3.63, 3.8) is 0 Å². The van der Waals surface area contributed by atoms with Crippen molar-refractivity contribution in [1.82, 2.24) is 14.5 Å². The number of ether oxygens (including phenoxy) is 1. The molecule has 7 heteroatoms. The molecular formula is C17H21N3O4. The molecule has 1 aromatic heterocycles. The Morgan fingerprint density at radius 1 is 1.21 bits per heavy atom. The van der Waals surface area contributed by atoms with Crippen LogP contribution in [0.5, 0.6) is 5.75 Å². The van der Waals surface area contributed by atoms with Gasteiger partial charge in [0.05, 0.1) is 12.6 Å². The number of imide groups is 1. The quantitative estimate of drug-likeness (QED) is 0.863. The van der Waals surface area contributed by atoms with Crippen molar-refractivity contribution in [3.8, 4) is 5.75 Å². The van der Waals surface area contributed by atoms with Crippen molar-refractivity contribution in [2.45, 2.75) is 38.6 Å². The lowest BCUT2D eigenvalue weighted by atomic mass is 10.0. The number of methoxy groups -OCH3 is 1. The summed E-state index contributed by atoms with van der Waals surface area (Å²) in [5.41, 5.74) is 2.09. The Labute approximate surface area is 139 Å². The Kier molecular flexibility index (Phi) is 3.95. The number of nitrogens with one attached hydrogen (secondary N) is 1. The summed E-state index contributed by atoms with van der Waals surface area (Å²) in [6.45, 7) is 4.10. The second-order valence-electron chi connectivity index (χ2n) is 6.39. The van der Waals surface area contributed by atoms with Gasteiger partial charge in [-0.3, -0.25) is 24.0 Å². The van der Waals surface area contributed by atoms with Gasteiger partial charge in [-0.15, -0.1) is 0 Å². The van der Waals surface area contributed by atoms with Crippen LogP contribution in [0, 0.1) is 0 Å². The zero-order valence-electron chi connectivity index (χ0n) is 14.3. The third kappa shape index (κ3) is 2.31. The maximum absolute atomic E-state index is 12.9. The molecule has 2 amide bonds. The van der Waals surface area contributed by atoms with Gasteiger partial charge in [0.15, 0.2) is 0 Å². The monoisotopic (exact) mass is 331 g/mol. The summed E-state index contributed by atoms with van der Waals surface area (Å²) in [4.78, 5) is 36.6. The molecule has 0 radical (unpaired) electrons. The number of carbonyl (C=O) groups is 2. The predicted octanol–water partition coefficient (Wildman–Crippen LogP) is 1.45. The van der Waals surface area contributed by atoms with Crippen molar-refractivity contribution in [1.29, 1.82) is 0 Å². The fraction of sp³-hybridized carbons (Fsp3) is 0.471. The average Bonchev–Trinajstić information content (AvgIpc) is 2.79. The van der Waals surface area contributed by atoms with Crippen LogP contribution in [0.15, 0.2) is 16.9 Å². The highest BCUT2D eigenvalue weighted by atomic mass is 16.5. The molecule has 2 heterocycles. The highest BCUT2D eigenvalue weighted by Gasteiger charge is 2.33. The van der Waals surface area contributed by atoms with Gasteiger partial charge in [-0.1, -0.05) is 19.9 Å². The topological polar surface area (TPSA) is 82.3 Å². The van der Waals surface area contributed by atoms with Crippen LogP contribution in [0.3, 0.4) is 0 Å². The lowest BCUT2D eigenvalue weighted by Crippen LogP contribution is -2.44. The van der Waals surface area contributed by atoms with E-state index in [4.69, 9.17) is 4.74 Å². The van der Waals surface area contributed by atoms with E-state index in [0.717, 1.165) is 11.1 Å². The minimum absolute atomic E-state index is 0.210. The van der Waals surface area contributed by atoms with Crippen LogP contribution in [0.1, 0.15) is 44.2 Å². The van der Waals surface area contributed by atoms with Gasteiger partial charge in [-0.25, -0.2) is 4.79 Å². The number of nitrogens with zero attached hydrogens (tertiary/aromatic N) is 2. The first-order chi connectivity index (χ1) is 11.4. The molecule has 1 unspecified atom stereocenters. The number of benzene rings is 1. The van der Waals surface area contributed by atoms with Crippen LogP contribution in [-0.2, 0) is 16.6 Å². The summed E-state index contributed by atoms with van der Waals surface area (Å²) < 4.78 is 8.46. The number of fused-ring (bicyclic) bond motifs is 1. The number of hydrogen-bond donors (Lipinski definition) is 1. The van der Waals surface area contributed by atoms with Gasteiger partial charge in [0, 0.05) is 13.5 Å². The number of piperidine rings is 1. The van der Waals surface area contributed by atoms with E-state index in [0.29, 0.717) is 17.7 Å². The van der Waals surface area contributed by atoms with Crippen LogP contribution in [0.2, 0.25) is 0 Å². The smallest absolute Gasteiger partial charge is 0.329 e. The lowest BCUT2D eigenvalue weighted by molar-refractivity contribution is -0.135. The Bertz CT molecular complexity index is 891. The van der Waals surface area contributed by atoms with Gasteiger partial charge in [0.2, 0.25) is 11.8 Å². The van der Waals surface area contributed by atoms with Crippen LogP contribution in [0.4, 0.5) is 0 Å². The molecule has 1 aliphatic heterocycles. The summed E-state index contributed by atoms with van der Waals surface area (Å²) in [6, 6.07) is 3.05. The van der Waals surface area contributed by atoms with E-state index in [9.17, 15) is 14.4 Å². The molecular weight excluding hydrogens is 310 g/mol. The lowest BCUT2D eigenvalue weighted by Gasteiger charge is -2.22. The molecule has 1 aromatic carbocycles. The fourth-order valence-corrected chi connectivity index (χ4v) is 3.36. The van der Waals surface area contributed by atoms with E-state index in [1.54, 1.807) is 11.6 Å². The van der Waals surface area contributed by atoms with Gasteiger partial charge < -0.3 is 4.74 Å². The van der Waals surface area contributed by atoms with Crippen LogP contribution < -0.4 is 15.7 Å². The number of hydrogen-bond acceptors (Lipinski definition) is 4. The molecule has 24 heavy (non-hydrogen) atoms. The number of imidazole rings is 1. The molecule has 0 bridgehead atoms. The normalized spacial score (nSPS) is 18.3. The Morgan fingerprint density at radius 3 is 2.50 bits per heavy atom. The molecule has 3 rings (SSSR count). The van der Waals surface area contributed by atoms with Gasteiger partial charge in [-0.2, -0.15) is 0 Å². The van der Waals surface area contributed by atoms with Crippen LogP contribution in [-0.4, -0.2) is 28.1 Å². The SMILES string of the molecule is COc1ccc(C(C)C)c2c1n(C1CCC(=O)NC1=O)c(=O)n2C. The molecule has 1 aliphatic rings. The summed E-state index contributed by atoms with van der Waals surface area (Å²) >= 11 is 0. The molecule has 128 valence electrons. The number of aryl methyl sites for hydroxylation is 1. The third-order valence-electron chi connectivity index (χ3n) is 4.58. The Balaban J connectivity index is 2.34. The summed E-state index contributed by atoms with van der Waals surface area (Å²) in [5.74, 6) is -0.00404. The van der Waals surface area contributed by atoms with Crippen LogP contribution in [0.25, 0.3) is 11.0 Å². The standard InChI is InChI=1S/C17H21N3O4/c1-9(2)10-5-7-12(24-4)15-14(10)19(3)17(23)20(15)11-6-8-13(21)18-16(11)22/h5,7,9,11H,6,8H2,1-4H3,(H,18,21,22). The molecule has 0 spiro atoms. The second-order valence-corrected chi connectivity index (χ2v) is 6.39. The molecule has 1 atom stereocenters. The van der Waals surface area contributed by atoms with Gasteiger partial charge in [0.1, 0.15) is 17.3 Å². The zero-order chi connectivity index (χ0) is 17.6. The molecule has 1 saturated heterocycles. The molecule has 2 aromatic rings. The van der Waals surface area contributed by atoms with E-state index in [1.807, 2.05) is 12.1 Å². The number of carbonyl (C=O) groups excluding carboxylic acids is 2. The molecule has 0 aliphatic carbocycles. The first-order valence-corrected chi connectivity index (χ1v) is 7.98. The highest BCUT2D eigenvalue weighted by molar-refractivity contribution is 6.00. The minimum atomic E-state index is -0.713. The second kappa shape index (κ2) is 5.81. The average molecular weight is 331 g/mol. The maximum atomic E-state index is 12.9.